The Morgan fingerprint density at radius 1 is 1.27 bits per heavy atom. The fourth-order valence-corrected chi connectivity index (χ4v) is 3.09. The summed E-state index contributed by atoms with van der Waals surface area (Å²) in [5, 5.41) is 2.96. The van der Waals surface area contributed by atoms with E-state index >= 15 is 0 Å². The third-order valence-electron chi connectivity index (χ3n) is 4.72. The second-order valence-electron chi connectivity index (χ2n) is 7.15. The number of ether oxygens (including phenoxy) is 2. The van der Waals surface area contributed by atoms with E-state index in [2.05, 4.69) is 19.2 Å². The van der Waals surface area contributed by atoms with E-state index in [9.17, 15) is 9.59 Å². The van der Waals surface area contributed by atoms with Crippen LogP contribution >= 0.6 is 0 Å². The molecule has 0 spiro atoms. The summed E-state index contributed by atoms with van der Waals surface area (Å²) in [6.07, 6.45) is 1.99. The second kappa shape index (κ2) is 9.46. The van der Waals surface area contributed by atoms with Crippen LogP contribution in [0.2, 0.25) is 0 Å². The zero-order valence-corrected chi connectivity index (χ0v) is 16.2. The van der Waals surface area contributed by atoms with E-state index in [1.807, 2.05) is 23.1 Å². The van der Waals surface area contributed by atoms with Crippen molar-refractivity contribution in [1.29, 1.82) is 0 Å². The number of amides is 2. The second-order valence-corrected chi connectivity index (χ2v) is 7.15. The van der Waals surface area contributed by atoms with E-state index in [1.54, 1.807) is 14.2 Å². The molecule has 2 amide bonds. The first kappa shape index (κ1) is 20.1. The third-order valence-corrected chi connectivity index (χ3v) is 4.72. The highest BCUT2D eigenvalue weighted by Crippen LogP contribution is 2.27. The summed E-state index contributed by atoms with van der Waals surface area (Å²) in [5.41, 5.74) is 1.06. The molecule has 26 heavy (non-hydrogen) atoms. The van der Waals surface area contributed by atoms with Gasteiger partial charge < -0.3 is 19.7 Å². The Morgan fingerprint density at radius 2 is 2.00 bits per heavy atom. The largest absolute Gasteiger partial charge is 0.493 e. The average Bonchev–Trinajstić information content (AvgIpc) is 3.00. The van der Waals surface area contributed by atoms with Crippen molar-refractivity contribution in [3.05, 3.63) is 23.8 Å². The zero-order chi connectivity index (χ0) is 19.1. The lowest BCUT2D eigenvalue weighted by molar-refractivity contribution is -0.129. The van der Waals surface area contributed by atoms with E-state index in [0.717, 1.165) is 18.5 Å². The van der Waals surface area contributed by atoms with Crippen LogP contribution < -0.4 is 14.8 Å². The minimum atomic E-state index is -0.236. The van der Waals surface area contributed by atoms with E-state index in [4.69, 9.17) is 9.47 Å². The average molecular weight is 362 g/mol. The molecule has 1 aromatic carbocycles. The van der Waals surface area contributed by atoms with Gasteiger partial charge in [-0.05, 0) is 36.5 Å². The van der Waals surface area contributed by atoms with Gasteiger partial charge in [-0.15, -0.1) is 0 Å². The molecule has 1 atom stereocenters. The number of rotatable bonds is 9. The van der Waals surface area contributed by atoms with E-state index in [0.29, 0.717) is 43.3 Å². The lowest BCUT2D eigenvalue weighted by Crippen LogP contribution is -2.34. The Labute approximate surface area is 155 Å². The molecular formula is C20H30N2O4. The van der Waals surface area contributed by atoms with Gasteiger partial charge >= 0.3 is 0 Å². The Balaban J connectivity index is 1.79. The number of nitrogens with one attached hydrogen (secondary N) is 1. The molecule has 144 valence electrons. The highest BCUT2D eigenvalue weighted by Gasteiger charge is 2.33. The topological polar surface area (TPSA) is 67.9 Å². The molecular weight excluding hydrogens is 332 g/mol. The predicted octanol–water partition coefficient (Wildman–Crippen LogP) is 2.26. The Hall–Kier alpha value is -2.24. The van der Waals surface area contributed by atoms with Crippen molar-refractivity contribution in [3.8, 4) is 11.5 Å². The first-order valence-corrected chi connectivity index (χ1v) is 9.21. The first-order chi connectivity index (χ1) is 12.4. The number of methoxy groups -OCH3 is 2. The standard InChI is InChI=1S/C20H30N2O4/c1-14(2)8-10-22-13-16(12-19(22)23)20(24)21-9-7-15-5-6-17(25-3)18(11-15)26-4/h5-6,11,14,16H,7-10,12-13H2,1-4H3,(H,21,24)/t16-/m0/s1. The van der Waals surface area contributed by atoms with E-state index < -0.39 is 0 Å². The highest BCUT2D eigenvalue weighted by atomic mass is 16.5. The molecule has 0 aromatic heterocycles. The number of benzene rings is 1. The van der Waals surface area contributed by atoms with Crippen LogP contribution in [0.15, 0.2) is 18.2 Å². The third kappa shape index (κ3) is 5.38. The minimum absolute atomic E-state index is 0.0362. The molecule has 0 unspecified atom stereocenters. The summed E-state index contributed by atoms with van der Waals surface area (Å²) < 4.78 is 10.5. The van der Waals surface area contributed by atoms with Crippen molar-refractivity contribution < 1.29 is 19.1 Å². The summed E-state index contributed by atoms with van der Waals surface area (Å²) in [7, 11) is 3.21. The number of likely N-dealkylation sites (tertiary alicyclic amines) is 1. The van der Waals surface area contributed by atoms with Crippen molar-refractivity contribution in [3.63, 3.8) is 0 Å². The van der Waals surface area contributed by atoms with E-state index in [-0.39, 0.29) is 17.7 Å². The summed E-state index contributed by atoms with van der Waals surface area (Å²) >= 11 is 0. The van der Waals surface area contributed by atoms with Crippen molar-refractivity contribution in [2.24, 2.45) is 11.8 Å². The van der Waals surface area contributed by atoms with Gasteiger partial charge in [-0.1, -0.05) is 19.9 Å². The number of nitrogens with zero attached hydrogens (tertiary/aromatic N) is 1. The maximum absolute atomic E-state index is 12.4. The van der Waals surface area contributed by atoms with Gasteiger partial charge in [-0.2, -0.15) is 0 Å². The molecule has 0 bridgehead atoms. The molecule has 0 aliphatic carbocycles. The quantitative estimate of drug-likeness (QED) is 0.732. The Bertz CT molecular complexity index is 630. The Kier molecular flexibility index (Phi) is 7.30. The van der Waals surface area contributed by atoms with Crippen LogP contribution in [-0.2, 0) is 16.0 Å². The molecule has 1 aliphatic heterocycles. The van der Waals surface area contributed by atoms with Crippen LogP contribution in [0.3, 0.4) is 0 Å². The highest BCUT2D eigenvalue weighted by molar-refractivity contribution is 5.89. The molecule has 1 aromatic rings. The van der Waals surface area contributed by atoms with Crippen LogP contribution in [0, 0.1) is 11.8 Å². The first-order valence-electron chi connectivity index (χ1n) is 9.21. The normalized spacial score (nSPS) is 16.9. The number of carbonyl (C=O) groups is 2. The summed E-state index contributed by atoms with van der Waals surface area (Å²) in [6, 6.07) is 5.73. The van der Waals surface area contributed by atoms with Gasteiger partial charge in [0.1, 0.15) is 0 Å². The molecule has 1 fully saturated rings. The predicted molar refractivity (Wildman–Crippen MR) is 100 cm³/mol. The molecule has 2 rings (SSSR count). The molecule has 1 N–H and O–H groups in total. The van der Waals surface area contributed by atoms with Gasteiger partial charge in [-0.25, -0.2) is 0 Å². The molecule has 0 saturated carbocycles. The number of hydrogen-bond donors (Lipinski definition) is 1. The van der Waals surface area contributed by atoms with Gasteiger partial charge in [-0.3, -0.25) is 9.59 Å². The maximum Gasteiger partial charge on any atom is 0.225 e. The monoisotopic (exact) mass is 362 g/mol. The fourth-order valence-electron chi connectivity index (χ4n) is 3.09. The molecule has 1 saturated heterocycles. The molecule has 0 radical (unpaired) electrons. The van der Waals surface area contributed by atoms with Crippen LogP contribution in [0.25, 0.3) is 0 Å². The molecule has 1 heterocycles. The van der Waals surface area contributed by atoms with Crippen LogP contribution in [-0.4, -0.2) is 50.6 Å². The Morgan fingerprint density at radius 3 is 2.65 bits per heavy atom. The van der Waals surface area contributed by atoms with E-state index in [1.165, 1.54) is 0 Å². The van der Waals surface area contributed by atoms with Crippen LogP contribution in [0.1, 0.15) is 32.3 Å². The van der Waals surface area contributed by atoms with Gasteiger partial charge in [0.05, 0.1) is 20.1 Å². The molecule has 1 aliphatic rings. The summed E-state index contributed by atoms with van der Waals surface area (Å²) in [4.78, 5) is 26.2. The van der Waals surface area contributed by atoms with Gasteiger partial charge in [0.25, 0.3) is 0 Å². The van der Waals surface area contributed by atoms with Crippen molar-refractivity contribution >= 4 is 11.8 Å². The minimum Gasteiger partial charge on any atom is -0.493 e. The lowest BCUT2D eigenvalue weighted by Gasteiger charge is -2.17. The zero-order valence-electron chi connectivity index (χ0n) is 16.2. The molecule has 6 nitrogen and oxygen atoms in total. The van der Waals surface area contributed by atoms with Gasteiger partial charge in [0, 0.05) is 26.1 Å². The number of hydrogen-bond acceptors (Lipinski definition) is 4. The van der Waals surface area contributed by atoms with Gasteiger partial charge in [0.2, 0.25) is 11.8 Å². The SMILES string of the molecule is COc1ccc(CCNC(=O)[C@H]2CC(=O)N(CCC(C)C)C2)cc1OC. The lowest BCUT2D eigenvalue weighted by atomic mass is 10.1. The number of carbonyl (C=O) groups excluding carboxylic acids is 2. The maximum atomic E-state index is 12.4. The van der Waals surface area contributed by atoms with Gasteiger partial charge in [0.15, 0.2) is 11.5 Å². The van der Waals surface area contributed by atoms with Crippen LogP contribution in [0.4, 0.5) is 0 Å². The molecule has 6 heteroatoms. The summed E-state index contributed by atoms with van der Waals surface area (Å²) in [6.45, 7) is 6.09. The summed E-state index contributed by atoms with van der Waals surface area (Å²) in [5.74, 6) is 1.73. The van der Waals surface area contributed by atoms with Crippen molar-refractivity contribution in [2.45, 2.75) is 33.1 Å². The fraction of sp³-hybridized carbons (Fsp3) is 0.600. The van der Waals surface area contributed by atoms with Crippen molar-refractivity contribution in [1.82, 2.24) is 10.2 Å². The van der Waals surface area contributed by atoms with Crippen molar-refractivity contribution in [2.75, 3.05) is 33.9 Å². The van der Waals surface area contributed by atoms with Crippen LogP contribution in [0.5, 0.6) is 11.5 Å². The smallest absolute Gasteiger partial charge is 0.225 e.